The second kappa shape index (κ2) is 21.5. The first kappa shape index (κ1) is 54.0. The molecule has 448 valence electrons. The number of nitrogens with zero attached hydrogens (tertiary/aromatic N) is 6. The van der Waals surface area contributed by atoms with Crippen LogP contribution in [0.5, 0.6) is 0 Å². The predicted octanol–water partition coefficient (Wildman–Crippen LogP) is 23.8. The summed E-state index contributed by atoms with van der Waals surface area (Å²) in [6.07, 6.45) is 3.30. The molecule has 7 heterocycles. The van der Waals surface area contributed by atoms with Crippen LogP contribution >= 0.6 is 11.3 Å². The van der Waals surface area contributed by atoms with Crippen molar-refractivity contribution >= 4 is 141 Å². The Morgan fingerprint density at radius 1 is 0.240 bits per heavy atom. The molecule has 14 aromatic carbocycles. The monoisotopic (exact) mass is 1240 g/mol. The van der Waals surface area contributed by atoms with Crippen molar-refractivity contribution < 1.29 is 4.42 Å². The van der Waals surface area contributed by atoms with Crippen molar-refractivity contribution in [2.24, 2.45) is 0 Å². The Hall–Kier alpha value is -12.6. The smallest absolute Gasteiger partial charge is 0.172 e. The molecule has 96 heavy (non-hydrogen) atoms. The van der Waals surface area contributed by atoms with Crippen molar-refractivity contribution in [1.29, 1.82) is 0 Å². The predicted molar refractivity (Wildman–Crippen MR) is 402 cm³/mol. The van der Waals surface area contributed by atoms with E-state index in [4.69, 9.17) is 4.42 Å². The zero-order valence-corrected chi connectivity index (χ0v) is 52.5. The van der Waals surface area contributed by atoms with E-state index in [2.05, 4.69) is 338 Å². The van der Waals surface area contributed by atoms with E-state index in [1.165, 1.54) is 141 Å². The van der Waals surface area contributed by atoms with Crippen molar-refractivity contribution in [1.82, 2.24) is 28.2 Å². The molecule has 0 aliphatic rings. The van der Waals surface area contributed by atoms with Gasteiger partial charge in [-0.25, -0.2) is 9.97 Å². The Bertz CT molecular complexity index is 6700. The molecular formula is C88H54N6OS. The van der Waals surface area contributed by atoms with E-state index in [9.17, 15) is 0 Å². The fourth-order valence-electron chi connectivity index (χ4n) is 15.2. The van der Waals surface area contributed by atoms with Crippen LogP contribution in [0.3, 0.4) is 0 Å². The largest absolute Gasteiger partial charge is 0.453 e. The molecule has 0 saturated carbocycles. The van der Waals surface area contributed by atoms with Gasteiger partial charge in [-0.2, -0.15) is 0 Å². The van der Waals surface area contributed by atoms with Gasteiger partial charge in [-0.15, -0.1) is 11.3 Å². The highest BCUT2D eigenvalue weighted by molar-refractivity contribution is 7.25. The van der Waals surface area contributed by atoms with Gasteiger partial charge in [0.2, 0.25) is 0 Å². The number of fused-ring (bicyclic) bond motifs is 18. The van der Waals surface area contributed by atoms with E-state index >= 15 is 0 Å². The Balaban J connectivity index is 0.000000132. The number of hydrogen-bond donors (Lipinski definition) is 0. The van der Waals surface area contributed by atoms with Crippen LogP contribution in [0.25, 0.3) is 186 Å². The highest BCUT2D eigenvalue weighted by Gasteiger charge is 2.20. The Morgan fingerprint density at radius 3 is 1.08 bits per heavy atom. The summed E-state index contributed by atoms with van der Waals surface area (Å²) in [5, 5.41) is 13.6. The van der Waals surface area contributed by atoms with E-state index in [-0.39, 0.29) is 0 Å². The summed E-state index contributed by atoms with van der Waals surface area (Å²) >= 11 is 1.86. The van der Waals surface area contributed by atoms with Crippen molar-refractivity contribution in [3.8, 4) is 56.1 Å². The molecule has 21 aromatic rings. The molecular weight excluding hydrogens is 1190 g/mol. The minimum absolute atomic E-state index is 0.695. The lowest BCUT2D eigenvalue weighted by Gasteiger charge is -2.10. The summed E-state index contributed by atoms with van der Waals surface area (Å²) in [4.78, 5) is 8.64. The van der Waals surface area contributed by atoms with Gasteiger partial charge in [0.15, 0.2) is 5.58 Å². The lowest BCUT2D eigenvalue weighted by Crippen LogP contribution is -1.94. The van der Waals surface area contributed by atoms with Gasteiger partial charge in [0, 0.05) is 91.4 Å². The third-order valence-electron chi connectivity index (χ3n) is 19.6. The average molecular weight is 1240 g/mol. The Labute approximate surface area is 554 Å². The molecule has 0 radical (unpaired) electrons. The zero-order chi connectivity index (χ0) is 63.0. The van der Waals surface area contributed by atoms with Gasteiger partial charge in [0.25, 0.3) is 0 Å². The summed E-state index contributed by atoms with van der Waals surface area (Å²) in [7, 11) is 0. The van der Waals surface area contributed by atoms with E-state index in [0.29, 0.717) is 5.58 Å². The van der Waals surface area contributed by atoms with Crippen LogP contribution in [0.2, 0.25) is 0 Å². The molecule has 0 N–H and O–H groups in total. The minimum atomic E-state index is 0.695. The van der Waals surface area contributed by atoms with Crippen LogP contribution in [-0.4, -0.2) is 28.2 Å². The maximum Gasteiger partial charge on any atom is 0.172 e. The van der Waals surface area contributed by atoms with Gasteiger partial charge in [-0.1, -0.05) is 170 Å². The summed E-state index contributed by atoms with van der Waals surface area (Å²) < 4.78 is 18.2. The topological polar surface area (TPSA) is 58.6 Å². The highest BCUT2D eigenvalue weighted by atomic mass is 32.1. The van der Waals surface area contributed by atoms with Gasteiger partial charge >= 0.3 is 0 Å². The van der Waals surface area contributed by atoms with Crippen LogP contribution in [0.1, 0.15) is 0 Å². The van der Waals surface area contributed by atoms with Gasteiger partial charge in [-0.05, 0) is 179 Å². The number of thiophene rings is 1. The number of benzene rings is 14. The molecule has 7 nitrogen and oxygen atoms in total. The number of rotatable bonds is 7. The Kier molecular flexibility index (Phi) is 12.1. The van der Waals surface area contributed by atoms with E-state index in [1.807, 2.05) is 17.4 Å². The number of aromatic nitrogens is 6. The number of furan rings is 1. The molecule has 0 unspecified atom stereocenters. The van der Waals surface area contributed by atoms with Gasteiger partial charge in [0.1, 0.15) is 17.4 Å². The molecule has 0 aliphatic carbocycles. The molecule has 0 aliphatic heterocycles. The average Bonchev–Trinajstić information content (AvgIpc) is 1.61. The lowest BCUT2D eigenvalue weighted by atomic mass is 10.0. The first-order chi connectivity index (χ1) is 47.6. The van der Waals surface area contributed by atoms with Crippen molar-refractivity contribution in [2.45, 2.75) is 0 Å². The maximum atomic E-state index is 6.01. The van der Waals surface area contributed by atoms with Crippen LogP contribution in [0.4, 0.5) is 0 Å². The van der Waals surface area contributed by atoms with Gasteiger partial charge < -0.3 is 22.7 Å². The summed E-state index contributed by atoms with van der Waals surface area (Å²) in [5.41, 5.74) is 23.8. The SMILES string of the molecule is c1ccc(-n2c3ccccc3c3cc(-c4ccc5c(c4)c4ccccc4n5-c4ccc(-c5ccc6sc7ccccc7c6c5)cc4)ccc32)cc1.c1ccc(-n2c3ccccc3c3cc(-c4ccc5c(c4)c4ccccc4n5-c4ccc5oc6cncnc6c5c4)ccc32)cc1. The lowest BCUT2D eigenvalue weighted by molar-refractivity contribution is 0.665. The molecule has 0 spiro atoms. The molecule has 0 fully saturated rings. The van der Waals surface area contributed by atoms with Crippen molar-refractivity contribution in [3.63, 3.8) is 0 Å². The van der Waals surface area contributed by atoms with Crippen LogP contribution < -0.4 is 0 Å². The molecule has 0 bridgehead atoms. The maximum absolute atomic E-state index is 6.01. The third-order valence-corrected chi connectivity index (χ3v) is 20.7. The van der Waals surface area contributed by atoms with E-state index < -0.39 is 0 Å². The first-order valence-corrected chi connectivity index (χ1v) is 33.3. The van der Waals surface area contributed by atoms with E-state index in [0.717, 1.165) is 38.9 Å². The standard InChI is InChI=1S/C48H30N2S.C40H24N4O/c1-2-10-35(11-3-1)49-43-15-7-4-12-37(43)40-28-33(20-25-45(40)49)34-21-26-46-41(29-34)38-13-5-8-16-44(38)50(46)36-23-18-31(19-24-36)32-22-27-48-42(30-32)39-14-6-9-17-47(39)51-48;1-2-8-27(9-3-1)43-34-12-6-4-10-29(34)31-20-25(14-17-36(31)43)26-15-18-37-32(21-26)30-11-5-7-13-35(30)44(37)28-16-19-38-33(22-28)40-39(45-38)23-41-24-42-40/h1-30H;1-24H. The number of para-hydroxylation sites is 6. The second-order valence-electron chi connectivity index (χ2n) is 24.9. The van der Waals surface area contributed by atoms with Gasteiger partial charge in [0.05, 0.1) is 50.3 Å². The molecule has 8 heteroatoms. The minimum Gasteiger partial charge on any atom is -0.453 e. The number of hydrogen-bond acceptors (Lipinski definition) is 4. The third kappa shape index (κ3) is 8.45. The molecule has 7 aromatic heterocycles. The van der Waals surface area contributed by atoms with Crippen LogP contribution in [0, 0.1) is 0 Å². The van der Waals surface area contributed by atoms with Crippen LogP contribution in [0.15, 0.2) is 332 Å². The van der Waals surface area contributed by atoms with Crippen molar-refractivity contribution in [3.05, 3.63) is 328 Å². The van der Waals surface area contributed by atoms with Gasteiger partial charge in [-0.3, -0.25) is 0 Å². The summed E-state index contributed by atoms with van der Waals surface area (Å²) in [6, 6.07) is 115. The highest BCUT2D eigenvalue weighted by Crippen LogP contribution is 2.43. The fourth-order valence-corrected chi connectivity index (χ4v) is 16.3. The van der Waals surface area contributed by atoms with Crippen LogP contribution in [-0.2, 0) is 0 Å². The fraction of sp³-hybridized carbons (Fsp3) is 0. The normalized spacial score (nSPS) is 12.0. The molecule has 0 saturated heterocycles. The van der Waals surface area contributed by atoms with Crippen molar-refractivity contribution in [2.75, 3.05) is 0 Å². The second-order valence-corrected chi connectivity index (χ2v) is 26.0. The summed E-state index contributed by atoms with van der Waals surface area (Å²) in [5.74, 6) is 0. The van der Waals surface area contributed by atoms with E-state index in [1.54, 1.807) is 12.5 Å². The quantitative estimate of drug-likeness (QED) is 0.160. The molecule has 0 amide bonds. The molecule has 21 rings (SSSR count). The first-order valence-electron chi connectivity index (χ1n) is 32.5. The summed E-state index contributed by atoms with van der Waals surface area (Å²) in [6.45, 7) is 0. The molecule has 0 atom stereocenters. The Morgan fingerprint density at radius 2 is 0.594 bits per heavy atom. The zero-order valence-electron chi connectivity index (χ0n) is 51.7.